The second-order valence-electron chi connectivity index (χ2n) is 3.17. The number of rotatable bonds is 3. The van der Waals surface area contributed by atoms with E-state index in [2.05, 4.69) is 33.6 Å². The van der Waals surface area contributed by atoms with Gasteiger partial charge >= 0.3 is 0 Å². The molecule has 0 radical (unpaired) electrons. The molecule has 2 aromatic rings. The van der Waals surface area contributed by atoms with Crippen LogP contribution < -0.4 is 5.73 Å². The van der Waals surface area contributed by atoms with Crippen LogP contribution in [0.25, 0.3) is 11.3 Å². The minimum Gasteiger partial charge on any atom is -0.441 e. The van der Waals surface area contributed by atoms with E-state index in [0.29, 0.717) is 18.9 Å². The summed E-state index contributed by atoms with van der Waals surface area (Å²) in [5, 5.41) is 0. The number of oxazole rings is 1. The fourth-order valence-electron chi connectivity index (χ4n) is 1.32. The lowest BCUT2D eigenvalue weighted by molar-refractivity contribution is 0.508. The summed E-state index contributed by atoms with van der Waals surface area (Å²) in [6.07, 6.45) is 2.43. The van der Waals surface area contributed by atoms with Crippen LogP contribution in [-0.2, 0) is 6.42 Å². The molecule has 4 heteroatoms. The molecular formula is C11H11IN2O. The van der Waals surface area contributed by atoms with Gasteiger partial charge in [-0.2, -0.15) is 0 Å². The standard InChI is InChI=1S/C11H11IN2O/c12-9-3-1-2-8(6-9)10-7-14-11(15-10)4-5-13/h1-3,6-7H,4-5,13H2. The van der Waals surface area contributed by atoms with E-state index in [1.54, 1.807) is 6.20 Å². The molecule has 0 atom stereocenters. The van der Waals surface area contributed by atoms with Crippen LogP contribution in [-0.4, -0.2) is 11.5 Å². The zero-order chi connectivity index (χ0) is 10.7. The van der Waals surface area contributed by atoms with Gasteiger partial charge in [-0.1, -0.05) is 12.1 Å². The van der Waals surface area contributed by atoms with Gasteiger partial charge < -0.3 is 10.2 Å². The van der Waals surface area contributed by atoms with Gasteiger partial charge in [-0.05, 0) is 34.7 Å². The molecule has 0 bridgehead atoms. The summed E-state index contributed by atoms with van der Waals surface area (Å²) in [4.78, 5) is 4.16. The van der Waals surface area contributed by atoms with Crippen LogP contribution in [0.15, 0.2) is 34.9 Å². The first-order valence-electron chi connectivity index (χ1n) is 4.70. The predicted molar refractivity (Wildman–Crippen MR) is 67.4 cm³/mol. The summed E-state index contributed by atoms with van der Waals surface area (Å²) < 4.78 is 6.75. The highest BCUT2D eigenvalue weighted by Crippen LogP contribution is 2.22. The van der Waals surface area contributed by atoms with Crippen molar-refractivity contribution in [2.45, 2.75) is 6.42 Å². The molecule has 0 spiro atoms. The van der Waals surface area contributed by atoms with E-state index < -0.39 is 0 Å². The molecule has 1 aromatic carbocycles. The third-order valence-corrected chi connectivity index (χ3v) is 2.69. The van der Waals surface area contributed by atoms with Crippen molar-refractivity contribution in [2.75, 3.05) is 6.54 Å². The van der Waals surface area contributed by atoms with Gasteiger partial charge in [0.25, 0.3) is 0 Å². The van der Waals surface area contributed by atoms with Gasteiger partial charge in [0.05, 0.1) is 6.20 Å². The van der Waals surface area contributed by atoms with Crippen molar-refractivity contribution in [2.24, 2.45) is 5.73 Å². The van der Waals surface area contributed by atoms with Crippen molar-refractivity contribution in [1.82, 2.24) is 4.98 Å². The zero-order valence-corrected chi connectivity index (χ0v) is 10.3. The third-order valence-electron chi connectivity index (χ3n) is 2.02. The third kappa shape index (κ3) is 2.57. The molecule has 2 rings (SSSR count). The van der Waals surface area contributed by atoms with E-state index >= 15 is 0 Å². The summed E-state index contributed by atoms with van der Waals surface area (Å²) in [5.74, 6) is 1.50. The number of hydrogen-bond donors (Lipinski definition) is 1. The van der Waals surface area contributed by atoms with Gasteiger partial charge in [-0.25, -0.2) is 4.98 Å². The maximum absolute atomic E-state index is 5.57. The number of aromatic nitrogens is 1. The Labute approximate surface area is 102 Å². The Morgan fingerprint density at radius 2 is 2.27 bits per heavy atom. The van der Waals surface area contributed by atoms with Gasteiger partial charge in [0, 0.05) is 22.1 Å². The number of benzene rings is 1. The molecule has 0 amide bonds. The van der Waals surface area contributed by atoms with Crippen LogP contribution in [0.4, 0.5) is 0 Å². The van der Waals surface area contributed by atoms with E-state index in [1.807, 2.05) is 18.2 Å². The molecule has 0 aliphatic rings. The van der Waals surface area contributed by atoms with Crippen molar-refractivity contribution >= 4 is 22.6 Å². The molecule has 3 nitrogen and oxygen atoms in total. The minimum atomic E-state index is 0.562. The highest BCUT2D eigenvalue weighted by molar-refractivity contribution is 14.1. The quantitative estimate of drug-likeness (QED) is 0.886. The molecule has 0 unspecified atom stereocenters. The van der Waals surface area contributed by atoms with E-state index in [9.17, 15) is 0 Å². The highest BCUT2D eigenvalue weighted by atomic mass is 127. The molecule has 15 heavy (non-hydrogen) atoms. The molecule has 78 valence electrons. The average molecular weight is 314 g/mol. The Hall–Kier alpha value is -0.880. The first-order valence-corrected chi connectivity index (χ1v) is 5.78. The van der Waals surface area contributed by atoms with Crippen molar-refractivity contribution in [1.29, 1.82) is 0 Å². The normalized spacial score (nSPS) is 10.5. The second kappa shape index (κ2) is 4.76. The number of nitrogens with two attached hydrogens (primary N) is 1. The number of halogens is 1. The smallest absolute Gasteiger partial charge is 0.196 e. The summed E-state index contributed by atoms with van der Waals surface area (Å²) in [7, 11) is 0. The van der Waals surface area contributed by atoms with Gasteiger partial charge in [-0.15, -0.1) is 0 Å². The maximum Gasteiger partial charge on any atom is 0.196 e. The van der Waals surface area contributed by atoms with E-state index in [-0.39, 0.29) is 0 Å². The lowest BCUT2D eigenvalue weighted by Crippen LogP contribution is -2.02. The molecular weight excluding hydrogens is 303 g/mol. The Morgan fingerprint density at radius 1 is 1.40 bits per heavy atom. The Balaban J connectivity index is 2.29. The summed E-state index contributed by atoms with van der Waals surface area (Å²) in [6.45, 7) is 0.562. The van der Waals surface area contributed by atoms with Crippen LogP contribution >= 0.6 is 22.6 Å². The molecule has 0 saturated heterocycles. The first kappa shape index (κ1) is 10.6. The zero-order valence-electron chi connectivity index (χ0n) is 8.11. The summed E-state index contributed by atoms with van der Waals surface area (Å²) >= 11 is 2.27. The topological polar surface area (TPSA) is 52.0 Å². The van der Waals surface area contributed by atoms with E-state index in [0.717, 1.165) is 11.3 Å². The van der Waals surface area contributed by atoms with Crippen molar-refractivity contribution in [3.63, 3.8) is 0 Å². The van der Waals surface area contributed by atoms with Crippen LogP contribution in [0.1, 0.15) is 5.89 Å². The average Bonchev–Trinajstić information content (AvgIpc) is 2.67. The van der Waals surface area contributed by atoms with Gasteiger partial charge in [0.15, 0.2) is 11.7 Å². The summed E-state index contributed by atoms with van der Waals surface area (Å²) in [5.41, 5.74) is 6.48. The fraction of sp³-hybridized carbons (Fsp3) is 0.182. The molecule has 1 aromatic heterocycles. The molecule has 0 fully saturated rings. The number of nitrogens with zero attached hydrogens (tertiary/aromatic N) is 1. The Kier molecular flexibility index (Phi) is 3.37. The monoisotopic (exact) mass is 314 g/mol. The highest BCUT2D eigenvalue weighted by Gasteiger charge is 2.05. The van der Waals surface area contributed by atoms with Crippen molar-refractivity contribution in [3.05, 3.63) is 39.9 Å². The van der Waals surface area contributed by atoms with Gasteiger partial charge in [0.2, 0.25) is 0 Å². The van der Waals surface area contributed by atoms with Gasteiger partial charge in [-0.3, -0.25) is 0 Å². The number of hydrogen-bond acceptors (Lipinski definition) is 3. The van der Waals surface area contributed by atoms with Crippen LogP contribution in [0, 0.1) is 3.57 Å². The van der Waals surface area contributed by atoms with Crippen LogP contribution in [0.3, 0.4) is 0 Å². The maximum atomic E-state index is 5.57. The largest absolute Gasteiger partial charge is 0.441 e. The van der Waals surface area contributed by atoms with E-state index in [4.69, 9.17) is 10.2 Å². The molecule has 1 heterocycles. The predicted octanol–water partition coefficient (Wildman–Crippen LogP) is 2.45. The van der Waals surface area contributed by atoms with Gasteiger partial charge in [0.1, 0.15) is 0 Å². The Bertz CT molecular complexity index is 453. The minimum absolute atomic E-state index is 0.562. The van der Waals surface area contributed by atoms with E-state index in [1.165, 1.54) is 3.57 Å². The first-order chi connectivity index (χ1) is 7.29. The molecule has 0 saturated carbocycles. The van der Waals surface area contributed by atoms with Crippen LogP contribution in [0.2, 0.25) is 0 Å². The molecule has 0 aliphatic carbocycles. The van der Waals surface area contributed by atoms with Crippen LogP contribution in [0.5, 0.6) is 0 Å². The van der Waals surface area contributed by atoms with Crippen molar-refractivity contribution < 1.29 is 4.42 Å². The molecule has 0 aliphatic heterocycles. The van der Waals surface area contributed by atoms with Crippen molar-refractivity contribution in [3.8, 4) is 11.3 Å². The SMILES string of the molecule is NCCc1ncc(-c2cccc(I)c2)o1. The molecule has 2 N–H and O–H groups in total. The Morgan fingerprint density at radius 3 is 3.00 bits per heavy atom. The lowest BCUT2D eigenvalue weighted by Gasteiger charge is -1.96. The summed E-state index contributed by atoms with van der Waals surface area (Å²) in [6, 6.07) is 8.12. The fourth-order valence-corrected chi connectivity index (χ4v) is 1.87. The lowest BCUT2D eigenvalue weighted by atomic mass is 10.2. The second-order valence-corrected chi connectivity index (χ2v) is 4.41.